The van der Waals surface area contributed by atoms with Gasteiger partial charge in [0, 0.05) is 25.9 Å². The van der Waals surface area contributed by atoms with Crippen molar-refractivity contribution in [1.29, 1.82) is 0 Å². The Bertz CT molecular complexity index is 420. The second-order valence-corrected chi connectivity index (χ2v) is 4.14. The van der Waals surface area contributed by atoms with Crippen molar-refractivity contribution in [2.45, 2.75) is 12.8 Å². The summed E-state index contributed by atoms with van der Waals surface area (Å²) in [6, 6.07) is 16.7. The summed E-state index contributed by atoms with van der Waals surface area (Å²) in [7, 11) is 0. The lowest BCUT2D eigenvalue weighted by Crippen LogP contribution is -2.27. The Labute approximate surface area is 102 Å². The lowest BCUT2D eigenvalue weighted by molar-refractivity contribution is -0.119. The van der Waals surface area contributed by atoms with Crippen LogP contribution in [0.25, 0.3) is 10.8 Å². The third-order valence-corrected chi connectivity index (χ3v) is 2.82. The molecule has 1 N–H and O–H groups in total. The van der Waals surface area contributed by atoms with Crippen LogP contribution in [0.4, 0.5) is 0 Å². The van der Waals surface area contributed by atoms with E-state index in [2.05, 4.69) is 53.8 Å². The van der Waals surface area contributed by atoms with E-state index in [1.807, 2.05) is 0 Å². The molecule has 1 aliphatic rings. The largest absolute Gasteiger partial charge is 0.316 e. The molecule has 0 amide bonds. The molecule has 1 saturated heterocycles. The van der Waals surface area contributed by atoms with Gasteiger partial charge < -0.3 is 5.32 Å². The molecule has 0 unspecified atom stereocenters. The number of piperidine rings is 1. The maximum atomic E-state index is 10.4. The fourth-order valence-electron chi connectivity index (χ4n) is 1.84. The van der Waals surface area contributed by atoms with Gasteiger partial charge in [0.2, 0.25) is 0 Å². The molecule has 0 bridgehead atoms. The molecule has 0 spiro atoms. The monoisotopic (exact) mass is 227 g/mol. The third-order valence-electron chi connectivity index (χ3n) is 2.82. The molecule has 0 radical (unpaired) electrons. The first-order valence-corrected chi connectivity index (χ1v) is 6.02. The van der Waals surface area contributed by atoms with E-state index >= 15 is 0 Å². The average Bonchev–Trinajstić information content (AvgIpc) is 2.41. The number of carbonyl (C=O) groups is 1. The van der Waals surface area contributed by atoms with Gasteiger partial charge in [0.15, 0.2) is 0 Å². The van der Waals surface area contributed by atoms with Gasteiger partial charge in [-0.3, -0.25) is 4.79 Å². The first kappa shape index (κ1) is 11.8. The Morgan fingerprint density at radius 1 is 0.765 bits per heavy atom. The number of hydrogen-bond acceptors (Lipinski definition) is 2. The zero-order valence-electron chi connectivity index (χ0n) is 9.86. The fraction of sp³-hybridized carbons (Fsp3) is 0.267. The van der Waals surface area contributed by atoms with Crippen LogP contribution >= 0.6 is 0 Å². The van der Waals surface area contributed by atoms with E-state index in [0.29, 0.717) is 5.78 Å². The zero-order valence-corrected chi connectivity index (χ0v) is 9.86. The molecular weight excluding hydrogens is 210 g/mol. The molecule has 2 nitrogen and oxygen atoms in total. The van der Waals surface area contributed by atoms with Crippen LogP contribution < -0.4 is 5.32 Å². The molecular formula is C15H17NO. The number of benzene rings is 2. The number of hydrogen-bond donors (Lipinski definition) is 1. The second-order valence-electron chi connectivity index (χ2n) is 4.14. The van der Waals surface area contributed by atoms with Crippen molar-refractivity contribution in [2.75, 3.05) is 13.1 Å². The van der Waals surface area contributed by atoms with Gasteiger partial charge in [-0.05, 0) is 10.8 Å². The van der Waals surface area contributed by atoms with Gasteiger partial charge in [-0.1, -0.05) is 48.5 Å². The van der Waals surface area contributed by atoms with Gasteiger partial charge in [-0.2, -0.15) is 0 Å². The topological polar surface area (TPSA) is 29.1 Å². The van der Waals surface area contributed by atoms with Crippen molar-refractivity contribution in [3.63, 3.8) is 0 Å². The van der Waals surface area contributed by atoms with Crippen molar-refractivity contribution < 1.29 is 4.79 Å². The number of rotatable bonds is 0. The molecule has 3 rings (SSSR count). The molecule has 2 aromatic carbocycles. The number of Topliss-reactive ketones (excluding diaryl/α,β-unsaturated/α-hetero) is 1. The van der Waals surface area contributed by atoms with Crippen molar-refractivity contribution >= 4 is 16.6 Å². The van der Waals surface area contributed by atoms with Crippen LogP contribution in [0, 0.1) is 0 Å². The smallest absolute Gasteiger partial charge is 0.135 e. The van der Waals surface area contributed by atoms with Crippen molar-refractivity contribution in [3.8, 4) is 0 Å². The van der Waals surface area contributed by atoms with Gasteiger partial charge in [-0.15, -0.1) is 0 Å². The predicted molar refractivity (Wildman–Crippen MR) is 71.1 cm³/mol. The second kappa shape index (κ2) is 6.16. The molecule has 0 aromatic heterocycles. The highest BCUT2D eigenvalue weighted by atomic mass is 16.1. The highest BCUT2D eigenvalue weighted by Gasteiger charge is 2.04. The molecule has 1 fully saturated rings. The van der Waals surface area contributed by atoms with Crippen LogP contribution in [0.1, 0.15) is 12.8 Å². The minimum atomic E-state index is 0.402. The quantitative estimate of drug-likeness (QED) is 0.749. The Morgan fingerprint density at radius 2 is 1.18 bits per heavy atom. The normalized spacial score (nSPS) is 15.2. The summed E-state index contributed by atoms with van der Waals surface area (Å²) in [5, 5.41) is 5.71. The fourth-order valence-corrected chi connectivity index (χ4v) is 1.84. The molecule has 1 aliphatic heterocycles. The lowest BCUT2D eigenvalue weighted by atomic mass is 10.1. The maximum Gasteiger partial charge on any atom is 0.135 e. The highest BCUT2D eigenvalue weighted by Crippen LogP contribution is 2.11. The third kappa shape index (κ3) is 3.68. The van der Waals surface area contributed by atoms with Crippen LogP contribution in [0.2, 0.25) is 0 Å². The van der Waals surface area contributed by atoms with E-state index in [4.69, 9.17) is 0 Å². The number of fused-ring (bicyclic) bond motifs is 1. The van der Waals surface area contributed by atoms with E-state index < -0.39 is 0 Å². The standard InChI is InChI=1S/C10H8.C5H9NO/c1-2-6-10-8-4-3-7-9(10)5-1;7-5-1-3-6-4-2-5/h1-8H;6H,1-4H2. The molecule has 17 heavy (non-hydrogen) atoms. The van der Waals surface area contributed by atoms with Gasteiger partial charge >= 0.3 is 0 Å². The van der Waals surface area contributed by atoms with E-state index in [0.717, 1.165) is 25.9 Å². The molecule has 0 aliphatic carbocycles. The van der Waals surface area contributed by atoms with Crippen molar-refractivity contribution in [3.05, 3.63) is 48.5 Å². The summed E-state index contributed by atoms with van der Waals surface area (Å²) in [4.78, 5) is 10.4. The van der Waals surface area contributed by atoms with Gasteiger partial charge in [-0.25, -0.2) is 0 Å². The Balaban J connectivity index is 0.000000136. The lowest BCUT2D eigenvalue weighted by Gasteiger charge is -2.08. The van der Waals surface area contributed by atoms with E-state index in [9.17, 15) is 4.79 Å². The SMILES string of the molecule is O=C1CCNCC1.c1ccc2ccccc2c1. The molecule has 0 atom stereocenters. The Kier molecular flexibility index (Phi) is 4.28. The summed E-state index contributed by atoms with van der Waals surface area (Å²) in [6.07, 6.45) is 1.47. The number of nitrogens with one attached hydrogen (secondary N) is 1. The maximum absolute atomic E-state index is 10.4. The van der Waals surface area contributed by atoms with E-state index in [-0.39, 0.29) is 0 Å². The van der Waals surface area contributed by atoms with Crippen LogP contribution in [0.5, 0.6) is 0 Å². The summed E-state index contributed by atoms with van der Waals surface area (Å²) in [6.45, 7) is 1.78. The minimum Gasteiger partial charge on any atom is -0.316 e. The van der Waals surface area contributed by atoms with Crippen LogP contribution in [0.3, 0.4) is 0 Å². The van der Waals surface area contributed by atoms with Crippen molar-refractivity contribution in [1.82, 2.24) is 5.32 Å². The first-order valence-electron chi connectivity index (χ1n) is 6.02. The van der Waals surface area contributed by atoms with Crippen LogP contribution in [0.15, 0.2) is 48.5 Å². The predicted octanol–water partition coefficient (Wildman–Crippen LogP) is 2.78. The van der Waals surface area contributed by atoms with Gasteiger partial charge in [0.1, 0.15) is 5.78 Å². The average molecular weight is 227 g/mol. The summed E-state index contributed by atoms with van der Waals surface area (Å²) in [5.74, 6) is 0.402. The summed E-state index contributed by atoms with van der Waals surface area (Å²) in [5.41, 5.74) is 0. The highest BCUT2D eigenvalue weighted by molar-refractivity contribution is 5.82. The molecule has 2 heteroatoms. The molecule has 0 saturated carbocycles. The molecule has 88 valence electrons. The van der Waals surface area contributed by atoms with Crippen molar-refractivity contribution in [2.24, 2.45) is 0 Å². The number of carbonyl (C=O) groups excluding carboxylic acids is 1. The molecule has 2 aromatic rings. The van der Waals surface area contributed by atoms with E-state index in [1.165, 1.54) is 10.8 Å². The minimum absolute atomic E-state index is 0.402. The zero-order chi connectivity index (χ0) is 11.9. The summed E-state index contributed by atoms with van der Waals surface area (Å²) < 4.78 is 0. The number of ketones is 1. The van der Waals surface area contributed by atoms with E-state index in [1.54, 1.807) is 0 Å². The summed E-state index contributed by atoms with van der Waals surface area (Å²) >= 11 is 0. The Morgan fingerprint density at radius 3 is 1.47 bits per heavy atom. The van der Waals surface area contributed by atoms with Gasteiger partial charge in [0.05, 0.1) is 0 Å². The van der Waals surface area contributed by atoms with Gasteiger partial charge in [0.25, 0.3) is 0 Å². The molecule has 1 heterocycles. The van der Waals surface area contributed by atoms with Crippen LogP contribution in [-0.4, -0.2) is 18.9 Å². The van der Waals surface area contributed by atoms with Crippen LogP contribution in [-0.2, 0) is 4.79 Å². The Hall–Kier alpha value is -1.67. The first-order chi connectivity index (χ1) is 8.36.